The van der Waals surface area contributed by atoms with E-state index in [1.165, 1.54) is 11.3 Å². The molecule has 0 unspecified atom stereocenters. The molecule has 5 heteroatoms. The maximum absolute atomic E-state index is 11.6. The van der Waals surface area contributed by atoms with Crippen LogP contribution in [0.25, 0.3) is 0 Å². The zero-order valence-corrected chi connectivity index (χ0v) is 8.86. The number of thiazole rings is 1. The van der Waals surface area contributed by atoms with Gasteiger partial charge in [-0.25, -0.2) is 4.98 Å². The molecule has 1 aliphatic rings. The van der Waals surface area contributed by atoms with Crippen molar-refractivity contribution < 1.29 is 4.79 Å². The molecule has 1 aromatic rings. The van der Waals surface area contributed by atoms with Crippen molar-refractivity contribution in [1.82, 2.24) is 10.3 Å². The van der Waals surface area contributed by atoms with E-state index in [4.69, 9.17) is 0 Å². The fourth-order valence-electron chi connectivity index (χ4n) is 1.50. The lowest BCUT2D eigenvalue weighted by Crippen LogP contribution is -2.24. The molecule has 0 saturated carbocycles. The van der Waals surface area contributed by atoms with Crippen molar-refractivity contribution in [2.45, 2.75) is 13.3 Å². The number of hydrogen-bond donors (Lipinski definition) is 2. The highest BCUT2D eigenvalue weighted by molar-refractivity contribution is 7.15. The largest absolute Gasteiger partial charge is 0.316 e. The molecule has 2 rings (SSSR count). The second-order valence-corrected chi connectivity index (χ2v) is 4.69. The number of aromatic nitrogens is 1. The highest BCUT2D eigenvalue weighted by Crippen LogP contribution is 2.18. The van der Waals surface area contributed by atoms with Gasteiger partial charge in [-0.1, -0.05) is 0 Å². The predicted octanol–water partition coefficient (Wildman–Crippen LogP) is 1.000. The van der Waals surface area contributed by atoms with Gasteiger partial charge in [0.05, 0.1) is 5.92 Å². The lowest BCUT2D eigenvalue weighted by molar-refractivity contribution is -0.119. The summed E-state index contributed by atoms with van der Waals surface area (Å²) in [7, 11) is 0. The summed E-state index contributed by atoms with van der Waals surface area (Å²) in [6.45, 7) is 3.70. The average Bonchev–Trinajstić information content (AvgIpc) is 2.75. The molecule has 0 radical (unpaired) electrons. The molecule has 0 aromatic carbocycles. The van der Waals surface area contributed by atoms with Crippen LogP contribution in [0.1, 0.15) is 11.3 Å². The van der Waals surface area contributed by atoms with Crippen LogP contribution < -0.4 is 10.6 Å². The Balaban J connectivity index is 1.93. The first kappa shape index (κ1) is 9.61. The molecule has 14 heavy (non-hydrogen) atoms. The lowest BCUT2D eigenvalue weighted by Gasteiger charge is -2.06. The van der Waals surface area contributed by atoms with Crippen LogP contribution in [0, 0.1) is 12.8 Å². The third-order valence-electron chi connectivity index (χ3n) is 2.28. The molecule has 0 spiro atoms. The maximum atomic E-state index is 11.6. The Morgan fingerprint density at radius 3 is 3.21 bits per heavy atom. The van der Waals surface area contributed by atoms with Crippen LogP contribution in [0.2, 0.25) is 0 Å². The molecule has 4 nitrogen and oxygen atoms in total. The van der Waals surface area contributed by atoms with Gasteiger partial charge in [-0.2, -0.15) is 0 Å². The van der Waals surface area contributed by atoms with Crippen molar-refractivity contribution in [3.8, 4) is 0 Å². The number of nitrogens with zero attached hydrogens (tertiary/aromatic N) is 1. The van der Waals surface area contributed by atoms with Crippen molar-refractivity contribution in [3.05, 3.63) is 11.1 Å². The van der Waals surface area contributed by atoms with E-state index in [0.717, 1.165) is 24.4 Å². The van der Waals surface area contributed by atoms with Gasteiger partial charge in [0.25, 0.3) is 0 Å². The van der Waals surface area contributed by atoms with Crippen molar-refractivity contribution in [1.29, 1.82) is 0 Å². The number of amides is 1. The van der Waals surface area contributed by atoms with E-state index < -0.39 is 0 Å². The Morgan fingerprint density at radius 1 is 1.79 bits per heavy atom. The number of anilines is 1. The molecule has 0 bridgehead atoms. The second-order valence-electron chi connectivity index (χ2n) is 3.46. The normalized spacial score (nSPS) is 21.1. The highest BCUT2D eigenvalue weighted by atomic mass is 32.1. The van der Waals surface area contributed by atoms with Crippen LogP contribution in [-0.2, 0) is 4.79 Å². The first-order valence-corrected chi connectivity index (χ1v) is 5.51. The molecule has 2 N–H and O–H groups in total. The van der Waals surface area contributed by atoms with Crippen LogP contribution >= 0.6 is 11.3 Å². The number of rotatable bonds is 2. The summed E-state index contributed by atoms with van der Waals surface area (Å²) in [6.07, 6.45) is 2.70. The van der Waals surface area contributed by atoms with E-state index >= 15 is 0 Å². The Labute approximate surface area is 86.7 Å². The van der Waals surface area contributed by atoms with Gasteiger partial charge in [-0.15, -0.1) is 11.3 Å². The molecular formula is C9H13N3OS. The number of carbonyl (C=O) groups is 1. The van der Waals surface area contributed by atoms with Crippen LogP contribution in [-0.4, -0.2) is 24.0 Å². The Hall–Kier alpha value is -0.940. The van der Waals surface area contributed by atoms with E-state index in [1.54, 1.807) is 6.20 Å². The second kappa shape index (κ2) is 4.06. The fraction of sp³-hybridized carbons (Fsp3) is 0.556. The van der Waals surface area contributed by atoms with Crippen LogP contribution in [0.15, 0.2) is 6.20 Å². The first-order chi connectivity index (χ1) is 6.75. The van der Waals surface area contributed by atoms with Crippen LogP contribution in [0.5, 0.6) is 0 Å². The molecule has 1 atom stereocenters. The van der Waals surface area contributed by atoms with E-state index in [1.807, 2.05) is 6.92 Å². The molecule has 76 valence electrons. The zero-order chi connectivity index (χ0) is 9.97. The lowest BCUT2D eigenvalue weighted by atomic mass is 10.1. The number of carbonyl (C=O) groups excluding carboxylic acids is 1. The van der Waals surface area contributed by atoms with Gasteiger partial charge in [0, 0.05) is 17.6 Å². The Kier molecular flexibility index (Phi) is 2.79. The van der Waals surface area contributed by atoms with Gasteiger partial charge < -0.3 is 10.6 Å². The van der Waals surface area contributed by atoms with Crippen LogP contribution in [0.3, 0.4) is 0 Å². The van der Waals surface area contributed by atoms with Gasteiger partial charge in [-0.05, 0) is 19.9 Å². The van der Waals surface area contributed by atoms with E-state index in [0.29, 0.717) is 5.13 Å². The van der Waals surface area contributed by atoms with Gasteiger partial charge in [0.15, 0.2) is 5.13 Å². The minimum absolute atomic E-state index is 0.0874. The molecule has 1 aromatic heterocycles. The number of aryl methyl sites for hydroxylation is 1. The minimum Gasteiger partial charge on any atom is -0.316 e. The highest BCUT2D eigenvalue weighted by Gasteiger charge is 2.22. The summed E-state index contributed by atoms with van der Waals surface area (Å²) in [5, 5.41) is 6.71. The van der Waals surface area contributed by atoms with E-state index in [2.05, 4.69) is 15.6 Å². The zero-order valence-electron chi connectivity index (χ0n) is 8.04. The smallest absolute Gasteiger partial charge is 0.230 e. The summed E-state index contributed by atoms with van der Waals surface area (Å²) < 4.78 is 0. The van der Waals surface area contributed by atoms with Crippen molar-refractivity contribution in [2.75, 3.05) is 18.4 Å². The van der Waals surface area contributed by atoms with Gasteiger partial charge in [0.2, 0.25) is 5.91 Å². The topological polar surface area (TPSA) is 54.0 Å². The summed E-state index contributed by atoms with van der Waals surface area (Å²) in [5.41, 5.74) is 0. The van der Waals surface area contributed by atoms with E-state index in [9.17, 15) is 4.79 Å². The Morgan fingerprint density at radius 2 is 2.64 bits per heavy atom. The van der Waals surface area contributed by atoms with Gasteiger partial charge >= 0.3 is 0 Å². The molecule has 1 aliphatic heterocycles. The van der Waals surface area contributed by atoms with Crippen molar-refractivity contribution in [2.24, 2.45) is 5.92 Å². The first-order valence-electron chi connectivity index (χ1n) is 4.70. The minimum atomic E-state index is 0.0874. The van der Waals surface area contributed by atoms with Crippen molar-refractivity contribution >= 4 is 22.4 Å². The average molecular weight is 211 g/mol. The third kappa shape index (κ3) is 2.10. The predicted molar refractivity (Wildman–Crippen MR) is 56.5 cm³/mol. The molecule has 1 amide bonds. The third-order valence-corrected chi connectivity index (χ3v) is 3.11. The van der Waals surface area contributed by atoms with Crippen molar-refractivity contribution in [3.63, 3.8) is 0 Å². The molecule has 0 aliphatic carbocycles. The summed E-state index contributed by atoms with van der Waals surface area (Å²) in [4.78, 5) is 16.8. The summed E-state index contributed by atoms with van der Waals surface area (Å²) in [6, 6.07) is 0. The van der Waals surface area contributed by atoms with E-state index in [-0.39, 0.29) is 11.8 Å². The molecule has 1 fully saturated rings. The monoisotopic (exact) mass is 211 g/mol. The molecule has 1 saturated heterocycles. The standard InChI is InChI=1S/C9H13N3OS/c1-6-4-11-9(14-6)12-8(13)7-2-3-10-5-7/h4,7,10H,2-3,5H2,1H3,(H,11,12,13)/t7-/m0/s1. The summed E-state index contributed by atoms with van der Waals surface area (Å²) >= 11 is 1.51. The maximum Gasteiger partial charge on any atom is 0.230 e. The molecule has 2 heterocycles. The SMILES string of the molecule is Cc1cnc(NC(=O)[C@H]2CCNC2)s1. The van der Waals surface area contributed by atoms with Gasteiger partial charge in [-0.3, -0.25) is 4.79 Å². The molecular weight excluding hydrogens is 198 g/mol. The summed E-state index contributed by atoms with van der Waals surface area (Å²) in [5.74, 6) is 0.198. The van der Waals surface area contributed by atoms with Gasteiger partial charge in [0.1, 0.15) is 0 Å². The Bertz CT molecular complexity index is 331. The number of nitrogens with one attached hydrogen (secondary N) is 2. The van der Waals surface area contributed by atoms with Crippen LogP contribution in [0.4, 0.5) is 5.13 Å². The fourth-order valence-corrected chi connectivity index (χ4v) is 2.17. The quantitative estimate of drug-likeness (QED) is 0.767. The number of hydrogen-bond acceptors (Lipinski definition) is 4.